The van der Waals surface area contributed by atoms with Crippen molar-refractivity contribution in [3.8, 4) is 0 Å². The van der Waals surface area contributed by atoms with Gasteiger partial charge >= 0.3 is 0 Å². The normalized spacial score (nSPS) is 11.1. The molecule has 0 aliphatic heterocycles. The van der Waals surface area contributed by atoms with Gasteiger partial charge in [-0.1, -0.05) is 12.1 Å². The molecule has 0 aromatic carbocycles. The molecule has 104 valence electrons. The standard InChI is InChI=1S/C11H14N8O/c1-3-6-15-7(20-18-6)4-19(2)10-8-9(14-5-13-8)16-11(12)17-10/h5H,3-4H2,1-2H3,(H3,12,13,14,16,17). The van der Waals surface area contributed by atoms with Crippen LogP contribution in [0, 0.1) is 0 Å². The van der Waals surface area contributed by atoms with Gasteiger partial charge in [-0.2, -0.15) is 15.0 Å². The van der Waals surface area contributed by atoms with E-state index in [2.05, 4.69) is 30.1 Å². The number of hydrogen-bond acceptors (Lipinski definition) is 8. The molecule has 3 N–H and O–H groups in total. The average molecular weight is 274 g/mol. The minimum absolute atomic E-state index is 0.172. The van der Waals surface area contributed by atoms with E-state index >= 15 is 0 Å². The molecule has 3 aromatic rings. The summed E-state index contributed by atoms with van der Waals surface area (Å²) in [6.45, 7) is 2.40. The van der Waals surface area contributed by atoms with Gasteiger partial charge in [0.2, 0.25) is 11.8 Å². The Labute approximate surface area is 114 Å². The summed E-state index contributed by atoms with van der Waals surface area (Å²) >= 11 is 0. The Morgan fingerprint density at radius 3 is 2.95 bits per heavy atom. The summed E-state index contributed by atoms with van der Waals surface area (Å²) in [7, 11) is 1.86. The highest BCUT2D eigenvalue weighted by atomic mass is 16.5. The number of nitrogen functional groups attached to an aromatic ring is 1. The topological polar surface area (TPSA) is 123 Å². The second-order valence-corrected chi connectivity index (χ2v) is 4.32. The second-order valence-electron chi connectivity index (χ2n) is 4.32. The van der Waals surface area contributed by atoms with Crippen molar-refractivity contribution in [1.82, 2.24) is 30.1 Å². The third kappa shape index (κ3) is 2.13. The maximum Gasteiger partial charge on any atom is 0.246 e. The van der Waals surface area contributed by atoms with Crippen molar-refractivity contribution in [2.75, 3.05) is 17.7 Å². The van der Waals surface area contributed by atoms with E-state index in [1.807, 2.05) is 18.9 Å². The van der Waals surface area contributed by atoms with E-state index in [4.69, 9.17) is 10.3 Å². The Hall–Kier alpha value is -2.71. The first-order valence-electron chi connectivity index (χ1n) is 6.16. The summed E-state index contributed by atoms with van der Waals surface area (Å²) in [6, 6.07) is 0. The SMILES string of the molecule is CCc1noc(CN(C)c2nc(N)nc3nc[nH]c23)n1. The lowest BCUT2D eigenvalue weighted by Crippen LogP contribution is -2.19. The van der Waals surface area contributed by atoms with Crippen LogP contribution in [0.4, 0.5) is 11.8 Å². The molecule has 3 aromatic heterocycles. The Kier molecular flexibility index (Phi) is 2.93. The largest absolute Gasteiger partial charge is 0.368 e. The fourth-order valence-electron chi connectivity index (χ4n) is 1.89. The van der Waals surface area contributed by atoms with Crippen LogP contribution < -0.4 is 10.6 Å². The first-order valence-corrected chi connectivity index (χ1v) is 6.16. The van der Waals surface area contributed by atoms with Crippen molar-refractivity contribution in [3.63, 3.8) is 0 Å². The van der Waals surface area contributed by atoms with Gasteiger partial charge in [-0.25, -0.2) is 4.98 Å². The number of nitrogens with one attached hydrogen (secondary N) is 1. The van der Waals surface area contributed by atoms with E-state index in [-0.39, 0.29) is 5.95 Å². The van der Waals surface area contributed by atoms with Gasteiger partial charge in [-0.3, -0.25) is 0 Å². The molecule has 3 rings (SSSR count). The lowest BCUT2D eigenvalue weighted by atomic mass is 10.4. The van der Waals surface area contributed by atoms with Crippen molar-refractivity contribution in [2.24, 2.45) is 0 Å². The third-order valence-electron chi connectivity index (χ3n) is 2.84. The fourth-order valence-corrected chi connectivity index (χ4v) is 1.89. The van der Waals surface area contributed by atoms with Crippen LogP contribution in [0.5, 0.6) is 0 Å². The van der Waals surface area contributed by atoms with Crippen molar-refractivity contribution < 1.29 is 4.52 Å². The van der Waals surface area contributed by atoms with E-state index in [1.54, 1.807) is 6.33 Å². The molecule has 20 heavy (non-hydrogen) atoms. The van der Waals surface area contributed by atoms with Crippen LogP contribution in [-0.4, -0.2) is 37.1 Å². The Bertz CT molecular complexity index is 733. The predicted molar refractivity (Wildman–Crippen MR) is 71.9 cm³/mol. The Morgan fingerprint density at radius 1 is 1.35 bits per heavy atom. The molecular weight excluding hydrogens is 260 g/mol. The molecule has 0 amide bonds. The predicted octanol–water partition coefficient (Wildman–Crippen LogP) is 0.517. The zero-order valence-electron chi connectivity index (χ0n) is 11.2. The summed E-state index contributed by atoms with van der Waals surface area (Å²) in [5, 5.41) is 3.86. The van der Waals surface area contributed by atoms with Gasteiger partial charge in [-0.15, -0.1) is 0 Å². The average Bonchev–Trinajstić information content (AvgIpc) is 3.05. The molecule has 0 saturated heterocycles. The smallest absolute Gasteiger partial charge is 0.246 e. The van der Waals surface area contributed by atoms with Crippen molar-refractivity contribution in [3.05, 3.63) is 18.0 Å². The quantitative estimate of drug-likeness (QED) is 0.705. The van der Waals surface area contributed by atoms with Gasteiger partial charge < -0.3 is 20.1 Å². The number of nitrogens with two attached hydrogens (primary N) is 1. The lowest BCUT2D eigenvalue weighted by Gasteiger charge is -2.16. The fraction of sp³-hybridized carbons (Fsp3) is 0.364. The molecule has 0 spiro atoms. The van der Waals surface area contributed by atoms with Crippen LogP contribution in [0.3, 0.4) is 0 Å². The maximum absolute atomic E-state index is 5.69. The number of anilines is 2. The highest BCUT2D eigenvalue weighted by Crippen LogP contribution is 2.21. The van der Waals surface area contributed by atoms with Crippen molar-refractivity contribution in [2.45, 2.75) is 19.9 Å². The number of aromatic nitrogens is 6. The number of aromatic amines is 1. The molecule has 9 nitrogen and oxygen atoms in total. The molecule has 0 saturated carbocycles. The summed E-state index contributed by atoms with van der Waals surface area (Å²) in [4.78, 5) is 21.5. The Morgan fingerprint density at radius 2 is 2.20 bits per heavy atom. The number of H-pyrrole nitrogens is 1. The first kappa shape index (κ1) is 12.3. The van der Waals surface area contributed by atoms with Gasteiger partial charge in [0.15, 0.2) is 17.3 Å². The first-order chi connectivity index (χ1) is 9.67. The molecule has 0 aliphatic rings. The molecule has 9 heteroatoms. The Balaban J connectivity index is 1.91. The van der Waals surface area contributed by atoms with Gasteiger partial charge in [0.25, 0.3) is 0 Å². The number of nitrogens with zero attached hydrogens (tertiary/aromatic N) is 6. The molecule has 0 unspecified atom stereocenters. The van der Waals surface area contributed by atoms with Crippen LogP contribution in [0.25, 0.3) is 11.2 Å². The van der Waals surface area contributed by atoms with E-state index < -0.39 is 0 Å². The zero-order valence-corrected chi connectivity index (χ0v) is 11.2. The summed E-state index contributed by atoms with van der Waals surface area (Å²) in [5.41, 5.74) is 6.93. The monoisotopic (exact) mass is 274 g/mol. The summed E-state index contributed by atoms with van der Waals surface area (Å²) in [5.74, 6) is 2.02. The molecule has 0 fully saturated rings. The minimum Gasteiger partial charge on any atom is -0.368 e. The number of imidazole rings is 1. The van der Waals surface area contributed by atoms with Crippen LogP contribution in [0.1, 0.15) is 18.6 Å². The third-order valence-corrected chi connectivity index (χ3v) is 2.84. The molecule has 0 aliphatic carbocycles. The molecule has 0 atom stereocenters. The van der Waals surface area contributed by atoms with Gasteiger partial charge in [0.05, 0.1) is 12.9 Å². The summed E-state index contributed by atoms with van der Waals surface area (Å²) in [6.07, 6.45) is 2.29. The minimum atomic E-state index is 0.172. The van der Waals surface area contributed by atoms with Gasteiger partial charge in [0, 0.05) is 13.5 Å². The second kappa shape index (κ2) is 4.76. The van der Waals surface area contributed by atoms with Crippen LogP contribution in [0.2, 0.25) is 0 Å². The molecule has 0 bridgehead atoms. The highest BCUT2D eigenvalue weighted by molar-refractivity contribution is 5.83. The lowest BCUT2D eigenvalue weighted by molar-refractivity contribution is 0.373. The number of aryl methyl sites for hydroxylation is 1. The zero-order chi connectivity index (χ0) is 14.1. The number of rotatable bonds is 4. The maximum atomic E-state index is 5.69. The van der Waals surface area contributed by atoms with Crippen LogP contribution in [0.15, 0.2) is 10.9 Å². The number of hydrogen-bond donors (Lipinski definition) is 2. The highest BCUT2D eigenvalue weighted by Gasteiger charge is 2.15. The van der Waals surface area contributed by atoms with Crippen LogP contribution >= 0.6 is 0 Å². The van der Waals surface area contributed by atoms with Gasteiger partial charge in [-0.05, 0) is 0 Å². The molecule has 0 radical (unpaired) electrons. The van der Waals surface area contributed by atoms with Crippen molar-refractivity contribution >= 4 is 22.9 Å². The molecular formula is C11H14N8O. The molecule has 3 heterocycles. The van der Waals surface area contributed by atoms with E-state index in [0.717, 1.165) is 11.9 Å². The van der Waals surface area contributed by atoms with Gasteiger partial charge in [0.1, 0.15) is 5.52 Å². The van der Waals surface area contributed by atoms with Crippen LogP contribution in [-0.2, 0) is 13.0 Å². The number of fused-ring (bicyclic) bond motifs is 1. The van der Waals surface area contributed by atoms with E-state index in [0.29, 0.717) is 29.7 Å². The van der Waals surface area contributed by atoms with E-state index in [9.17, 15) is 0 Å². The van der Waals surface area contributed by atoms with E-state index in [1.165, 1.54) is 0 Å². The van der Waals surface area contributed by atoms with Crippen molar-refractivity contribution in [1.29, 1.82) is 0 Å². The summed E-state index contributed by atoms with van der Waals surface area (Å²) < 4.78 is 5.17.